The summed E-state index contributed by atoms with van der Waals surface area (Å²) in [5, 5.41) is 14.3. The van der Waals surface area contributed by atoms with Crippen LogP contribution in [0.3, 0.4) is 0 Å². The number of aliphatic carboxylic acids is 1. The Morgan fingerprint density at radius 3 is 2.12 bits per heavy atom. The van der Waals surface area contributed by atoms with Gasteiger partial charge in [0.05, 0.1) is 0 Å². The summed E-state index contributed by atoms with van der Waals surface area (Å²) in [6.45, 7) is 4.34. The van der Waals surface area contributed by atoms with Crippen LogP contribution in [0, 0.1) is 0 Å². The maximum absolute atomic E-state index is 12.6. The second-order valence-electron chi connectivity index (χ2n) is 5.25. The Labute approximate surface area is 139 Å². The van der Waals surface area contributed by atoms with Crippen molar-refractivity contribution >= 4 is 29.4 Å². The van der Waals surface area contributed by atoms with Gasteiger partial charge in [0.1, 0.15) is 6.04 Å². The molecule has 0 aliphatic rings. The summed E-state index contributed by atoms with van der Waals surface area (Å²) in [5.41, 5.74) is 0.829. The van der Waals surface area contributed by atoms with Crippen LogP contribution in [-0.2, 0) is 14.4 Å². The summed E-state index contributed by atoms with van der Waals surface area (Å²) in [5.74, 6) is -2.10. The van der Waals surface area contributed by atoms with Gasteiger partial charge >= 0.3 is 5.97 Å². The summed E-state index contributed by atoms with van der Waals surface area (Å²) >= 11 is 0. The second kappa shape index (κ2) is 8.66. The lowest BCUT2D eigenvalue weighted by molar-refractivity contribution is -0.141. The van der Waals surface area contributed by atoms with Gasteiger partial charge in [0, 0.05) is 38.2 Å². The van der Waals surface area contributed by atoms with Crippen LogP contribution < -0.4 is 10.6 Å². The lowest BCUT2D eigenvalue weighted by Gasteiger charge is -2.26. The van der Waals surface area contributed by atoms with Crippen molar-refractivity contribution in [3.8, 4) is 0 Å². The topological polar surface area (TPSA) is 116 Å². The third kappa shape index (κ3) is 5.71. The number of amides is 3. The minimum Gasteiger partial charge on any atom is -0.480 e. The van der Waals surface area contributed by atoms with Crippen molar-refractivity contribution in [1.82, 2.24) is 10.2 Å². The predicted molar refractivity (Wildman–Crippen MR) is 87.6 cm³/mol. The van der Waals surface area contributed by atoms with Crippen molar-refractivity contribution in [1.29, 1.82) is 0 Å². The van der Waals surface area contributed by atoms with E-state index in [1.165, 1.54) is 37.8 Å². The summed E-state index contributed by atoms with van der Waals surface area (Å²) < 4.78 is 0. The van der Waals surface area contributed by atoms with Crippen LogP contribution in [0.25, 0.3) is 0 Å². The number of benzene rings is 1. The van der Waals surface area contributed by atoms with E-state index in [-0.39, 0.29) is 24.9 Å². The quantitative estimate of drug-likeness (QED) is 0.678. The van der Waals surface area contributed by atoms with Gasteiger partial charge in [-0.1, -0.05) is 0 Å². The van der Waals surface area contributed by atoms with Gasteiger partial charge in [-0.05, 0) is 31.2 Å². The van der Waals surface area contributed by atoms with E-state index in [0.29, 0.717) is 11.3 Å². The van der Waals surface area contributed by atoms with Crippen molar-refractivity contribution in [3.05, 3.63) is 29.8 Å². The van der Waals surface area contributed by atoms with Crippen LogP contribution in [0.2, 0.25) is 0 Å². The van der Waals surface area contributed by atoms with Crippen LogP contribution in [0.15, 0.2) is 24.3 Å². The molecule has 0 aromatic heterocycles. The van der Waals surface area contributed by atoms with E-state index < -0.39 is 17.9 Å². The number of carboxylic acids is 1. The molecule has 1 aromatic carbocycles. The monoisotopic (exact) mass is 335 g/mol. The maximum atomic E-state index is 12.6. The van der Waals surface area contributed by atoms with Crippen LogP contribution in [0.5, 0.6) is 0 Å². The zero-order valence-electron chi connectivity index (χ0n) is 13.8. The maximum Gasteiger partial charge on any atom is 0.326 e. The van der Waals surface area contributed by atoms with E-state index in [9.17, 15) is 24.3 Å². The highest BCUT2D eigenvalue weighted by atomic mass is 16.4. The average Bonchev–Trinajstić information content (AvgIpc) is 2.50. The minimum atomic E-state index is -1.14. The Balaban J connectivity index is 2.91. The summed E-state index contributed by atoms with van der Waals surface area (Å²) in [7, 11) is 0. The number of carbonyl (C=O) groups excluding carboxylic acids is 3. The first-order chi connectivity index (χ1) is 11.2. The molecular weight excluding hydrogens is 314 g/mol. The van der Waals surface area contributed by atoms with Gasteiger partial charge in [-0.3, -0.25) is 14.4 Å². The number of hydrogen-bond donors (Lipinski definition) is 3. The van der Waals surface area contributed by atoms with Crippen molar-refractivity contribution in [3.63, 3.8) is 0 Å². The molecule has 0 heterocycles. The number of rotatable bonds is 7. The molecule has 1 atom stereocenters. The zero-order chi connectivity index (χ0) is 18.3. The third-order valence-corrected chi connectivity index (χ3v) is 3.26. The molecule has 24 heavy (non-hydrogen) atoms. The van der Waals surface area contributed by atoms with E-state index in [0.717, 1.165) is 0 Å². The van der Waals surface area contributed by atoms with Crippen molar-refractivity contribution in [2.75, 3.05) is 18.4 Å². The molecule has 0 saturated carbocycles. The standard InChI is InChI=1S/C16H21N3O5/c1-10(16(23)24)19(9-8-17-11(2)20)15(22)13-4-6-14(7-5-13)18-12(3)21/h4-7,10H,8-9H2,1-3H3,(H,17,20)(H,18,21)(H,23,24). The predicted octanol–water partition coefficient (Wildman–Crippen LogP) is 0.696. The van der Waals surface area contributed by atoms with Gasteiger partial charge in [-0.2, -0.15) is 0 Å². The molecular formula is C16H21N3O5. The number of carboxylic acid groups (broad SMARTS) is 1. The Morgan fingerprint density at radius 2 is 1.67 bits per heavy atom. The molecule has 3 amide bonds. The molecule has 0 aliphatic carbocycles. The summed E-state index contributed by atoms with van der Waals surface area (Å²) in [6, 6.07) is 5.10. The molecule has 0 fully saturated rings. The number of carbonyl (C=O) groups is 4. The van der Waals surface area contributed by atoms with Gasteiger partial charge in [-0.15, -0.1) is 0 Å². The van der Waals surface area contributed by atoms with Gasteiger partial charge in [0.15, 0.2) is 0 Å². The van der Waals surface area contributed by atoms with Gasteiger partial charge in [0.25, 0.3) is 5.91 Å². The van der Waals surface area contributed by atoms with Gasteiger partial charge in [0.2, 0.25) is 11.8 Å². The van der Waals surface area contributed by atoms with E-state index in [1.54, 1.807) is 12.1 Å². The highest BCUT2D eigenvalue weighted by molar-refractivity contribution is 5.97. The molecule has 0 aliphatic heterocycles. The fraction of sp³-hybridized carbons (Fsp3) is 0.375. The fourth-order valence-electron chi connectivity index (χ4n) is 2.02. The molecule has 0 radical (unpaired) electrons. The van der Waals surface area contributed by atoms with Crippen molar-refractivity contribution in [2.45, 2.75) is 26.8 Å². The van der Waals surface area contributed by atoms with Crippen molar-refractivity contribution in [2.24, 2.45) is 0 Å². The minimum absolute atomic E-state index is 0.0688. The van der Waals surface area contributed by atoms with Crippen LogP contribution in [0.1, 0.15) is 31.1 Å². The molecule has 8 nitrogen and oxygen atoms in total. The SMILES string of the molecule is CC(=O)NCCN(C(=O)c1ccc(NC(C)=O)cc1)C(C)C(=O)O. The first-order valence-electron chi connectivity index (χ1n) is 7.38. The Morgan fingerprint density at radius 1 is 1.08 bits per heavy atom. The number of nitrogens with one attached hydrogen (secondary N) is 2. The van der Waals surface area contributed by atoms with Gasteiger partial charge < -0.3 is 20.6 Å². The molecule has 1 rings (SSSR count). The fourth-order valence-corrected chi connectivity index (χ4v) is 2.02. The van der Waals surface area contributed by atoms with Crippen LogP contribution in [0.4, 0.5) is 5.69 Å². The molecule has 3 N–H and O–H groups in total. The number of hydrogen-bond acceptors (Lipinski definition) is 4. The lowest BCUT2D eigenvalue weighted by atomic mass is 10.1. The van der Waals surface area contributed by atoms with E-state index in [1.807, 2.05) is 0 Å². The Kier molecular flexibility index (Phi) is 6.91. The molecule has 130 valence electrons. The smallest absolute Gasteiger partial charge is 0.326 e. The van der Waals surface area contributed by atoms with E-state index >= 15 is 0 Å². The van der Waals surface area contributed by atoms with Crippen LogP contribution in [-0.4, -0.2) is 52.8 Å². The van der Waals surface area contributed by atoms with Crippen LogP contribution >= 0.6 is 0 Å². The number of anilines is 1. The lowest BCUT2D eigenvalue weighted by Crippen LogP contribution is -2.46. The third-order valence-electron chi connectivity index (χ3n) is 3.26. The highest BCUT2D eigenvalue weighted by Crippen LogP contribution is 2.13. The van der Waals surface area contributed by atoms with Gasteiger partial charge in [-0.25, -0.2) is 4.79 Å². The zero-order valence-corrected chi connectivity index (χ0v) is 13.8. The van der Waals surface area contributed by atoms with Crippen molar-refractivity contribution < 1.29 is 24.3 Å². The average molecular weight is 335 g/mol. The van der Waals surface area contributed by atoms with E-state index in [2.05, 4.69) is 10.6 Å². The Bertz CT molecular complexity index is 627. The number of nitrogens with zero attached hydrogens (tertiary/aromatic N) is 1. The molecule has 0 saturated heterocycles. The van der Waals surface area contributed by atoms with E-state index in [4.69, 9.17) is 0 Å². The first kappa shape index (κ1) is 19.1. The molecule has 0 bridgehead atoms. The highest BCUT2D eigenvalue weighted by Gasteiger charge is 2.26. The molecule has 1 unspecified atom stereocenters. The summed E-state index contributed by atoms with van der Waals surface area (Å²) in [6.07, 6.45) is 0. The summed E-state index contributed by atoms with van der Waals surface area (Å²) in [4.78, 5) is 46.9. The largest absolute Gasteiger partial charge is 0.480 e. The molecule has 0 spiro atoms. The molecule has 1 aromatic rings. The second-order valence-corrected chi connectivity index (χ2v) is 5.25. The first-order valence-corrected chi connectivity index (χ1v) is 7.38. The Hall–Kier alpha value is -2.90. The molecule has 8 heteroatoms. The normalized spacial score (nSPS) is 11.3.